The first-order chi connectivity index (χ1) is 16.8. The molecule has 0 bridgehead atoms. The maximum absolute atomic E-state index is 14.6. The number of nitrogens with zero attached hydrogens (tertiary/aromatic N) is 2. The van der Waals surface area contributed by atoms with Crippen molar-refractivity contribution in [3.63, 3.8) is 0 Å². The van der Waals surface area contributed by atoms with Crippen LogP contribution in [0.15, 0.2) is 77.7 Å². The maximum atomic E-state index is 14.6. The Kier molecular flexibility index (Phi) is 8.08. The van der Waals surface area contributed by atoms with Crippen molar-refractivity contribution in [2.75, 3.05) is 30.8 Å². The molecule has 1 atom stereocenters. The van der Waals surface area contributed by atoms with Crippen molar-refractivity contribution in [1.29, 1.82) is 0 Å². The Hall–Kier alpha value is -2.90. The highest BCUT2D eigenvalue weighted by Crippen LogP contribution is 2.28. The zero-order valence-corrected chi connectivity index (χ0v) is 21.2. The molecule has 0 unspecified atom stereocenters. The number of hydrogen-bond donors (Lipinski definition) is 0. The smallest absolute Gasteiger partial charge is 0.175 e. The van der Waals surface area contributed by atoms with Gasteiger partial charge in [0.15, 0.2) is 9.84 Å². The molecule has 0 saturated carbocycles. The van der Waals surface area contributed by atoms with Gasteiger partial charge in [0, 0.05) is 32.3 Å². The fourth-order valence-electron chi connectivity index (χ4n) is 4.56. The summed E-state index contributed by atoms with van der Waals surface area (Å²) in [7, 11) is -3.44. The molecular formula is C28H33FN2O3S. The minimum atomic E-state index is -3.44. The second-order valence-corrected chi connectivity index (χ2v) is 11.2. The van der Waals surface area contributed by atoms with Gasteiger partial charge in [-0.2, -0.15) is 0 Å². The van der Waals surface area contributed by atoms with Crippen molar-refractivity contribution in [2.24, 2.45) is 0 Å². The van der Waals surface area contributed by atoms with Crippen LogP contribution in [0.3, 0.4) is 0 Å². The number of hydrogen-bond acceptors (Lipinski definition) is 5. The van der Waals surface area contributed by atoms with Gasteiger partial charge in [0.25, 0.3) is 0 Å². The van der Waals surface area contributed by atoms with Gasteiger partial charge in [0.05, 0.1) is 17.1 Å². The van der Waals surface area contributed by atoms with E-state index in [4.69, 9.17) is 4.74 Å². The minimum Gasteiger partial charge on any atom is -0.489 e. The first-order valence-electron chi connectivity index (χ1n) is 12.1. The molecule has 0 aromatic heterocycles. The zero-order chi connectivity index (χ0) is 24.8. The van der Waals surface area contributed by atoms with Gasteiger partial charge in [0.2, 0.25) is 0 Å². The first-order valence-corrected chi connectivity index (χ1v) is 14.0. The van der Waals surface area contributed by atoms with Crippen LogP contribution in [0.5, 0.6) is 5.75 Å². The molecular weight excluding hydrogens is 463 g/mol. The number of benzene rings is 3. The number of rotatable bonds is 10. The van der Waals surface area contributed by atoms with Crippen molar-refractivity contribution in [3.05, 3.63) is 89.7 Å². The molecule has 0 amide bonds. The normalized spacial score (nSPS) is 16.1. The third kappa shape index (κ3) is 6.83. The highest BCUT2D eigenvalue weighted by Gasteiger charge is 2.26. The van der Waals surface area contributed by atoms with E-state index in [1.165, 1.54) is 17.2 Å². The quantitative estimate of drug-likeness (QED) is 0.381. The number of ether oxygens (including phenoxy) is 1. The van der Waals surface area contributed by atoms with Crippen LogP contribution in [0.25, 0.3) is 0 Å². The summed E-state index contributed by atoms with van der Waals surface area (Å²) in [5.41, 5.74) is 2.91. The average molecular weight is 497 g/mol. The van der Waals surface area contributed by atoms with Crippen molar-refractivity contribution in [2.45, 2.75) is 43.9 Å². The van der Waals surface area contributed by atoms with Crippen LogP contribution in [-0.4, -0.2) is 45.3 Å². The third-order valence-electron chi connectivity index (χ3n) is 6.23. The van der Waals surface area contributed by atoms with Crippen LogP contribution < -0.4 is 9.64 Å². The molecule has 1 aliphatic rings. The SMILES string of the molecule is CCCN(Cc1ccccc1)Cc1cccc(O[C@H]2CCN(c3ccc(S(C)(=O)=O)cc3F)C2)c1. The lowest BCUT2D eigenvalue weighted by atomic mass is 10.1. The minimum absolute atomic E-state index is 0.00746. The highest BCUT2D eigenvalue weighted by molar-refractivity contribution is 7.90. The molecule has 35 heavy (non-hydrogen) atoms. The number of anilines is 1. The average Bonchev–Trinajstić information content (AvgIpc) is 3.27. The Morgan fingerprint density at radius 2 is 1.74 bits per heavy atom. The Balaban J connectivity index is 1.38. The fourth-order valence-corrected chi connectivity index (χ4v) is 5.19. The maximum Gasteiger partial charge on any atom is 0.175 e. The summed E-state index contributed by atoms with van der Waals surface area (Å²) in [6.45, 7) is 6.16. The van der Waals surface area contributed by atoms with E-state index in [-0.39, 0.29) is 11.0 Å². The van der Waals surface area contributed by atoms with Crippen molar-refractivity contribution in [3.8, 4) is 5.75 Å². The van der Waals surface area contributed by atoms with E-state index in [9.17, 15) is 12.8 Å². The molecule has 0 N–H and O–H groups in total. The van der Waals surface area contributed by atoms with Crippen molar-refractivity contribution in [1.82, 2.24) is 4.90 Å². The molecule has 3 aromatic rings. The molecule has 1 heterocycles. The summed E-state index contributed by atoms with van der Waals surface area (Å²) < 4.78 is 44.3. The van der Waals surface area contributed by atoms with E-state index >= 15 is 0 Å². The van der Waals surface area contributed by atoms with Crippen LogP contribution in [0.2, 0.25) is 0 Å². The van der Waals surface area contributed by atoms with Crippen LogP contribution >= 0.6 is 0 Å². The summed E-state index contributed by atoms with van der Waals surface area (Å²) >= 11 is 0. The molecule has 1 saturated heterocycles. The fraction of sp³-hybridized carbons (Fsp3) is 0.357. The number of sulfone groups is 1. The predicted molar refractivity (Wildman–Crippen MR) is 138 cm³/mol. The molecule has 0 spiro atoms. The topological polar surface area (TPSA) is 49.9 Å². The Morgan fingerprint density at radius 1 is 1.00 bits per heavy atom. The summed E-state index contributed by atoms with van der Waals surface area (Å²) in [5, 5.41) is 0. The summed E-state index contributed by atoms with van der Waals surface area (Å²) in [6, 6.07) is 22.8. The van der Waals surface area contributed by atoms with Gasteiger partial charge in [0.1, 0.15) is 17.7 Å². The second-order valence-electron chi connectivity index (χ2n) is 9.20. The van der Waals surface area contributed by atoms with Crippen LogP contribution in [0, 0.1) is 5.82 Å². The van der Waals surface area contributed by atoms with Gasteiger partial charge in [-0.3, -0.25) is 4.90 Å². The summed E-state index contributed by atoms with van der Waals surface area (Å²) in [5.74, 6) is 0.295. The second kappa shape index (κ2) is 11.2. The lowest BCUT2D eigenvalue weighted by Crippen LogP contribution is -2.25. The molecule has 1 fully saturated rings. The van der Waals surface area contributed by atoms with Crippen molar-refractivity contribution < 1.29 is 17.5 Å². The van der Waals surface area contributed by atoms with Gasteiger partial charge < -0.3 is 9.64 Å². The summed E-state index contributed by atoms with van der Waals surface area (Å²) in [6.07, 6.45) is 2.88. The molecule has 0 aliphatic carbocycles. The van der Waals surface area contributed by atoms with Gasteiger partial charge in [-0.25, -0.2) is 12.8 Å². The van der Waals surface area contributed by atoms with Crippen molar-refractivity contribution >= 4 is 15.5 Å². The van der Waals surface area contributed by atoms with Gasteiger partial charge in [-0.05, 0) is 54.4 Å². The molecule has 7 heteroatoms. The number of halogens is 1. The van der Waals surface area contributed by atoms with Gasteiger partial charge in [-0.1, -0.05) is 49.4 Å². The van der Waals surface area contributed by atoms with Gasteiger partial charge in [-0.15, -0.1) is 0 Å². The summed E-state index contributed by atoms with van der Waals surface area (Å²) in [4.78, 5) is 4.35. The highest BCUT2D eigenvalue weighted by atomic mass is 32.2. The molecule has 0 radical (unpaired) electrons. The van der Waals surface area contributed by atoms with E-state index in [1.54, 1.807) is 6.07 Å². The Bertz CT molecular complexity index is 1230. The lowest BCUT2D eigenvalue weighted by molar-refractivity contribution is 0.223. The standard InChI is InChI=1S/C28H33FN2O3S/c1-3-15-30(19-22-8-5-4-6-9-22)20-23-10-7-11-24(17-23)34-25-14-16-31(21-25)28-13-12-26(18-27(28)29)35(2,32)33/h4-13,17-18,25H,3,14-16,19-21H2,1-2H3/t25-/m0/s1. The van der Waals surface area contributed by atoms with Crippen LogP contribution in [-0.2, 0) is 22.9 Å². The molecule has 186 valence electrons. The predicted octanol–water partition coefficient (Wildman–Crippen LogP) is 5.30. The molecule has 1 aliphatic heterocycles. The van der Waals surface area contributed by atoms with E-state index in [0.29, 0.717) is 18.8 Å². The van der Waals surface area contributed by atoms with E-state index in [2.05, 4.69) is 48.2 Å². The molecule has 3 aromatic carbocycles. The van der Waals surface area contributed by atoms with E-state index in [1.807, 2.05) is 23.1 Å². The Labute approximate surface area is 208 Å². The lowest BCUT2D eigenvalue weighted by Gasteiger charge is -2.23. The Morgan fingerprint density at radius 3 is 2.46 bits per heavy atom. The van der Waals surface area contributed by atoms with Crippen LogP contribution in [0.1, 0.15) is 30.9 Å². The third-order valence-corrected chi connectivity index (χ3v) is 7.34. The zero-order valence-electron chi connectivity index (χ0n) is 20.4. The first kappa shape index (κ1) is 25.2. The molecule has 5 nitrogen and oxygen atoms in total. The van der Waals surface area contributed by atoms with Crippen LogP contribution in [0.4, 0.5) is 10.1 Å². The van der Waals surface area contributed by atoms with E-state index < -0.39 is 15.7 Å². The monoisotopic (exact) mass is 496 g/mol. The van der Waals surface area contributed by atoms with Gasteiger partial charge >= 0.3 is 0 Å². The van der Waals surface area contributed by atoms with E-state index in [0.717, 1.165) is 50.5 Å². The molecule has 4 rings (SSSR count). The largest absolute Gasteiger partial charge is 0.489 e.